The van der Waals surface area contributed by atoms with E-state index in [9.17, 15) is 18.0 Å². The number of nitrogens with one attached hydrogen (secondary N) is 1. The fourth-order valence-electron chi connectivity index (χ4n) is 2.21. The van der Waals surface area contributed by atoms with Crippen LogP contribution in [0.4, 0.5) is 0 Å². The summed E-state index contributed by atoms with van der Waals surface area (Å²) in [6.07, 6.45) is 2.17. The molecule has 6 nitrogen and oxygen atoms in total. The molecule has 1 aromatic rings. The van der Waals surface area contributed by atoms with Crippen LogP contribution in [-0.4, -0.2) is 44.3 Å². The number of ketones is 1. The molecule has 0 spiro atoms. The summed E-state index contributed by atoms with van der Waals surface area (Å²) in [5, 5.41) is 2.60. The average molecular weight is 384 g/mol. The van der Waals surface area contributed by atoms with Crippen LogP contribution in [0.3, 0.4) is 0 Å². The van der Waals surface area contributed by atoms with E-state index in [1.807, 2.05) is 0 Å². The molecule has 1 aromatic carbocycles. The number of amides is 1. The van der Waals surface area contributed by atoms with E-state index in [0.29, 0.717) is 37.0 Å². The van der Waals surface area contributed by atoms with Crippen molar-refractivity contribution in [3.8, 4) is 5.75 Å². The number of methoxy groups -OCH3 is 1. The molecule has 0 fully saturated rings. The van der Waals surface area contributed by atoms with Gasteiger partial charge in [0.05, 0.1) is 24.2 Å². The zero-order valence-corrected chi connectivity index (χ0v) is 16.8. The molecule has 1 N–H and O–H groups in total. The molecule has 0 saturated carbocycles. The van der Waals surface area contributed by atoms with Crippen LogP contribution in [0.1, 0.15) is 56.8 Å². The van der Waals surface area contributed by atoms with Gasteiger partial charge in [0.25, 0.3) is 5.91 Å². The lowest BCUT2D eigenvalue weighted by atomic mass is 10.1. The summed E-state index contributed by atoms with van der Waals surface area (Å²) in [6.45, 7) is 5.05. The maximum atomic E-state index is 12.0. The maximum Gasteiger partial charge on any atom is 0.251 e. The van der Waals surface area contributed by atoms with Gasteiger partial charge >= 0.3 is 0 Å². The highest BCUT2D eigenvalue weighted by molar-refractivity contribution is 7.92. The first-order chi connectivity index (χ1) is 12.1. The Hall–Kier alpha value is -1.89. The largest absolute Gasteiger partial charge is 0.497 e. The van der Waals surface area contributed by atoms with Gasteiger partial charge in [-0.2, -0.15) is 0 Å². The highest BCUT2D eigenvalue weighted by atomic mass is 32.2. The third-order valence-electron chi connectivity index (χ3n) is 4.10. The molecule has 0 aromatic heterocycles. The number of unbranched alkanes of at least 4 members (excludes halogenated alkanes) is 2. The Morgan fingerprint density at radius 3 is 2.19 bits per heavy atom. The Kier molecular flexibility index (Phi) is 8.27. The Balaban J connectivity index is 2.25. The topological polar surface area (TPSA) is 89.5 Å². The second-order valence-electron chi connectivity index (χ2n) is 7.19. The molecule has 0 radical (unpaired) electrons. The average Bonchev–Trinajstić information content (AvgIpc) is 2.58. The van der Waals surface area contributed by atoms with Gasteiger partial charge in [0.15, 0.2) is 15.6 Å². The smallest absolute Gasteiger partial charge is 0.251 e. The van der Waals surface area contributed by atoms with E-state index in [0.717, 1.165) is 0 Å². The second-order valence-corrected chi connectivity index (χ2v) is 10.1. The molecular weight excluding hydrogens is 354 g/mol. The normalized spacial score (nSPS) is 11.8. The lowest BCUT2D eigenvalue weighted by Crippen LogP contribution is -2.30. The zero-order chi connectivity index (χ0) is 19.8. The van der Waals surface area contributed by atoms with Gasteiger partial charge < -0.3 is 10.1 Å². The summed E-state index contributed by atoms with van der Waals surface area (Å²) >= 11 is 0. The van der Waals surface area contributed by atoms with Gasteiger partial charge in [0.2, 0.25) is 0 Å². The number of carbonyl (C=O) groups excluding carboxylic acids is 2. The molecule has 1 rings (SSSR count). The molecular formula is C19H29NO5S. The molecule has 0 saturated heterocycles. The summed E-state index contributed by atoms with van der Waals surface area (Å²) in [5.74, 6) is 0.424. The molecule has 0 heterocycles. The van der Waals surface area contributed by atoms with Crippen LogP contribution in [0, 0.1) is 0 Å². The Bertz CT molecular complexity index is 702. The van der Waals surface area contributed by atoms with E-state index in [-0.39, 0.29) is 24.0 Å². The number of benzene rings is 1. The van der Waals surface area contributed by atoms with Gasteiger partial charge in [0.1, 0.15) is 5.75 Å². The van der Waals surface area contributed by atoms with Gasteiger partial charge in [-0.25, -0.2) is 8.42 Å². The highest BCUT2D eigenvalue weighted by Crippen LogP contribution is 2.18. The molecule has 0 aliphatic heterocycles. The van der Waals surface area contributed by atoms with Crippen LogP contribution in [-0.2, 0) is 14.6 Å². The summed E-state index contributed by atoms with van der Waals surface area (Å²) in [4.78, 5) is 23.8. The van der Waals surface area contributed by atoms with E-state index in [1.165, 1.54) is 0 Å². The van der Waals surface area contributed by atoms with Crippen molar-refractivity contribution in [2.45, 2.75) is 51.2 Å². The number of hydrogen-bond acceptors (Lipinski definition) is 5. The second kappa shape index (κ2) is 9.71. The van der Waals surface area contributed by atoms with Crippen molar-refractivity contribution in [1.82, 2.24) is 5.32 Å². The molecule has 7 heteroatoms. The number of Topliss-reactive ketones (excluding diaryl/α,β-unsaturated/α-hetero) is 1. The zero-order valence-electron chi connectivity index (χ0n) is 16.0. The third kappa shape index (κ3) is 7.15. The first-order valence-corrected chi connectivity index (χ1v) is 10.4. The minimum absolute atomic E-state index is 0.0227. The SMILES string of the molecule is COc1ccc(C(=O)NCC(=O)CCCCCS(=O)(=O)C(C)(C)C)cc1. The van der Waals surface area contributed by atoms with Gasteiger partial charge in [-0.15, -0.1) is 0 Å². The molecule has 1 amide bonds. The summed E-state index contributed by atoms with van der Waals surface area (Å²) in [5.41, 5.74) is 0.464. The van der Waals surface area contributed by atoms with Crippen molar-refractivity contribution in [3.63, 3.8) is 0 Å². The third-order valence-corrected chi connectivity index (χ3v) is 6.79. The van der Waals surface area contributed by atoms with Crippen LogP contribution >= 0.6 is 0 Å². The number of sulfone groups is 1. The van der Waals surface area contributed by atoms with Crippen molar-refractivity contribution >= 4 is 21.5 Å². The van der Waals surface area contributed by atoms with Crippen LogP contribution < -0.4 is 10.1 Å². The van der Waals surface area contributed by atoms with Gasteiger partial charge in [-0.3, -0.25) is 9.59 Å². The minimum atomic E-state index is -3.11. The summed E-state index contributed by atoms with van der Waals surface area (Å²) in [6, 6.07) is 6.63. The van der Waals surface area contributed by atoms with E-state index in [4.69, 9.17) is 4.74 Å². The quantitative estimate of drug-likeness (QED) is 0.628. The maximum absolute atomic E-state index is 12.0. The molecule has 0 bridgehead atoms. The monoisotopic (exact) mass is 383 g/mol. The molecule has 0 aliphatic carbocycles. The lowest BCUT2D eigenvalue weighted by molar-refractivity contribution is -0.118. The molecule has 26 heavy (non-hydrogen) atoms. The first kappa shape index (κ1) is 22.2. The number of ether oxygens (including phenoxy) is 1. The Morgan fingerprint density at radius 1 is 1.04 bits per heavy atom. The number of rotatable bonds is 10. The molecule has 0 aliphatic rings. The summed E-state index contributed by atoms with van der Waals surface area (Å²) in [7, 11) is -1.56. The van der Waals surface area contributed by atoms with Crippen LogP contribution in [0.25, 0.3) is 0 Å². The van der Waals surface area contributed by atoms with Gasteiger partial charge in [0, 0.05) is 12.0 Å². The van der Waals surface area contributed by atoms with Crippen LogP contribution in [0.5, 0.6) is 5.75 Å². The summed E-state index contributed by atoms with van der Waals surface area (Å²) < 4.78 is 28.2. The van der Waals surface area contributed by atoms with Crippen molar-refractivity contribution < 1.29 is 22.7 Å². The van der Waals surface area contributed by atoms with E-state index in [2.05, 4.69) is 5.32 Å². The minimum Gasteiger partial charge on any atom is -0.497 e. The number of hydrogen-bond donors (Lipinski definition) is 1. The fraction of sp³-hybridized carbons (Fsp3) is 0.579. The van der Waals surface area contributed by atoms with Gasteiger partial charge in [-0.1, -0.05) is 6.42 Å². The Morgan fingerprint density at radius 2 is 1.65 bits per heavy atom. The molecule has 0 atom stereocenters. The predicted molar refractivity (Wildman–Crippen MR) is 102 cm³/mol. The standard InChI is InChI=1S/C19H29NO5S/c1-19(2,3)26(23,24)13-7-5-6-8-16(21)14-20-18(22)15-9-11-17(25-4)12-10-15/h9-12H,5-8,13-14H2,1-4H3,(H,20,22). The first-order valence-electron chi connectivity index (χ1n) is 8.73. The van der Waals surface area contributed by atoms with Crippen LogP contribution in [0.2, 0.25) is 0 Å². The van der Waals surface area contributed by atoms with Crippen LogP contribution in [0.15, 0.2) is 24.3 Å². The fourth-order valence-corrected chi connectivity index (χ4v) is 3.41. The lowest BCUT2D eigenvalue weighted by Gasteiger charge is -2.18. The van der Waals surface area contributed by atoms with Crippen molar-refractivity contribution in [3.05, 3.63) is 29.8 Å². The number of carbonyl (C=O) groups is 2. The Labute approximate surface area is 156 Å². The van der Waals surface area contributed by atoms with Crippen molar-refractivity contribution in [1.29, 1.82) is 0 Å². The van der Waals surface area contributed by atoms with E-state index in [1.54, 1.807) is 52.1 Å². The van der Waals surface area contributed by atoms with E-state index < -0.39 is 14.6 Å². The van der Waals surface area contributed by atoms with E-state index >= 15 is 0 Å². The van der Waals surface area contributed by atoms with Crippen molar-refractivity contribution in [2.75, 3.05) is 19.4 Å². The van der Waals surface area contributed by atoms with Crippen molar-refractivity contribution in [2.24, 2.45) is 0 Å². The molecule has 0 unspecified atom stereocenters. The predicted octanol–water partition coefficient (Wildman–Crippen LogP) is 2.77. The van der Waals surface area contributed by atoms with Gasteiger partial charge in [-0.05, 0) is 57.9 Å². The molecule has 146 valence electrons. The highest BCUT2D eigenvalue weighted by Gasteiger charge is 2.27.